The molecule has 0 aliphatic rings. The number of hydrogen-bond acceptors (Lipinski definition) is 2. The van der Waals surface area contributed by atoms with Crippen molar-refractivity contribution in [2.24, 2.45) is 5.92 Å². The highest BCUT2D eigenvalue weighted by Gasteiger charge is 2.08. The number of benzene rings is 2. The minimum atomic E-state index is -0.348. The van der Waals surface area contributed by atoms with E-state index in [1.165, 1.54) is 6.07 Å². The molecule has 0 aliphatic carbocycles. The predicted molar refractivity (Wildman–Crippen MR) is 84.2 cm³/mol. The Balaban J connectivity index is 2.16. The van der Waals surface area contributed by atoms with E-state index in [9.17, 15) is 4.39 Å². The molecule has 0 aliphatic heterocycles. The molecule has 0 amide bonds. The molecular weight excluding hydrogens is 265 g/mol. The van der Waals surface area contributed by atoms with Gasteiger partial charge in [0, 0.05) is 12.1 Å². The van der Waals surface area contributed by atoms with Crippen molar-refractivity contribution >= 4 is 0 Å². The van der Waals surface area contributed by atoms with E-state index in [1.54, 1.807) is 18.2 Å². The van der Waals surface area contributed by atoms with Crippen LogP contribution in [0.25, 0.3) is 0 Å². The quantitative estimate of drug-likeness (QED) is 0.833. The first kappa shape index (κ1) is 15.5. The summed E-state index contributed by atoms with van der Waals surface area (Å²) in [4.78, 5) is 0. The average molecular weight is 287 g/mol. The SMILES string of the molecule is Cc1ccc(Oc2ccccc2F)c(CNCC(C)C)c1. The number of hydrogen-bond donors (Lipinski definition) is 1. The largest absolute Gasteiger partial charge is 0.454 e. The maximum Gasteiger partial charge on any atom is 0.165 e. The van der Waals surface area contributed by atoms with E-state index in [0.29, 0.717) is 18.2 Å². The molecule has 0 radical (unpaired) electrons. The van der Waals surface area contributed by atoms with E-state index in [2.05, 4.69) is 25.2 Å². The standard InChI is InChI=1S/C18H22FNO/c1-13(2)11-20-12-15-10-14(3)8-9-17(15)21-18-7-5-4-6-16(18)19/h4-10,13,20H,11-12H2,1-3H3. The van der Waals surface area contributed by atoms with Gasteiger partial charge in [0.1, 0.15) is 5.75 Å². The zero-order chi connectivity index (χ0) is 15.2. The van der Waals surface area contributed by atoms with Crippen molar-refractivity contribution in [3.05, 3.63) is 59.4 Å². The van der Waals surface area contributed by atoms with Crippen LogP contribution in [0.15, 0.2) is 42.5 Å². The van der Waals surface area contributed by atoms with Gasteiger partial charge in [-0.3, -0.25) is 0 Å². The monoisotopic (exact) mass is 287 g/mol. The van der Waals surface area contributed by atoms with E-state index in [4.69, 9.17) is 4.74 Å². The lowest BCUT2D eigenvalue weighted by atomic mass is 10.1. The van der Waals surface area contributed by atoms with Crippen molar-refractivity contribution in [2.75, 3.05) is 6.54 Å². The summed E-state index contributed by atoms with van der Waals surface area (Å²) in [5, 5.41) is 3.40. The van der Waals surface area contributed by atoms with Crippen molar-refractivity contribution in [3.63, 3.8) is 0 Å². The minimum Gasteiger partial charge on any atom is -0.454 e. The van der Waals surface area contributed by atoms with Crippen LogP contribution in [0, 0.1) is 18.7 Å². The molecule has 0 heterocycles. The molecule has 0 atom stereocenters. The molecule has 0 bridgehead atoms. The van der Waals surface area contributed by atoms with Crippen LogP contribution in [-0.4, -0.2) is 6.54 Å². The molecule has 112 valence electrons. The fourth-order valence-electron chi connectivity index (χ4n) is 2.09. The summed E-state index contributed by atoms with van der Waals surface area (Å²) in [5.74, 6) is 1.19. The number of rotatable bonds is 6. The number of ether oxygens (including phenoxy) is 1. The van der Waals surface area contributed by atoms with E-state index >= 15 is 0 Å². The minimum absolute atomic E-state index is 0.256. The maximum absolute atomic E-state index is 13.7. The number of para-hydroxylation sites is 1. The Morgan fingerprint density at radius 3 is 2.57 bits per heavy atom. The Labute approximate surface area is 126 Å². The van der Waals surface area contributed by atoms with Crippen LogP contribution in [0.5, 0.6) is 11.5 Å². The Hall–Kier alpha value is -1.87. The third-order valence-electron chi connectivity index (χ3n) is 3.14. The zero-order valence-corrected chi connectivity index (χ0v) is 12.8. The second-order valence-corrected chi connectivity index (χ2v) is 5.67. The summed E-state index contributed by atoms with van der Waals surface area (Å²) >= 11 is 0. The van der Waals surface area contributed by atoms with Crippen molar-refractivity contribution < 1.29 is 9.13 Å². The third kappa shape index (κ3) is 4.57. The van der Waals surface area contributed by atoms with Gasteiger partial charge in [-0.2, -0.15) is 0 Å². The first-order valence-electron chi connectivity index (χ1n) is 7.29. The van der Waals surface area contributed by atoms with Gasteiger partial charge in [-0.15, -0.1) is 0 Å². The van der Waals surface area contributed by atoms with E-state index in [-0.39, 0.29) is 11.6 Å². The lowest BCUT2D eigenvalue weighted by molar-refractivity contribution is 0.434. The third-order valence-corrected chi connectivity index (χ3v) is 3.14. The normalized spacial score (nSPS) is 10.9. The predicted octanol–water partition coefficient (Wildman–Crippen LogP) is 4.67. The van der Waals surface area contributed by atoms with Gasteiger partial charge in [-0.1, -0.05) is 43.7 Å². The molecule has 0 saturated carbocycles. The summed E-state index contributed by atoms with van der Waals surface area (Å²) in [6.07, 6.45) is 0. The van der Waals surface area contributed by atoms with Crippen LogP contribution in [0.3, 0.4) is 0 Å². The van der Waals surface area contributed by atoms with Gasteiger partial charge < -0.3 is 10.1 Å². The molecule has 1 N–H and O–H groups in total. The first-order chi connectivity index (χ1) is 10.1. The Bertz CT molecular complexity index is 596. The molecule has 0 fully saturated rings. The van der Waals surface area contributed by atoms with Gasteiger partial charge in [0.15, 0.2) is 11.6 Å². The fourth-order valence-corrected chi connectivity index (χ4v) is 2.09. The fraction of sp³-hybridized carbons (Fsp3) is 0.333. The van der Waals surface area contributed by atoms with Crippen LogP contribution in [-0.2, 0) is 6.54 Å². The van der Waals surface area contributed by atoms with Crippen LogP contribution in [0.2, 0.25) is 0 Å². The highest BCUT2D eigenvalue weighted by atomic mass is 19.1. The molecule has 2 aromatic carbocycles. The second-order valence-electron chi connectivity index (χ2n) is 5.67. The number of aryl methyl sites for hydroxylation is 1. The van der Waals surface area contributed by atoms with E-state index in [1.807, 2.05) is 19.1 Å². The first-order valence-corrected chi connectivity index (χ1v) is 7.29. The molecule has 0 unspecified atom stereocenters. The zero-order valence-electron chi connectivity index (χ0n) is 12.8. The smallest absolute Gasteiger partial charge is 0.165 e. The highest BCUT2D eigenvalue weighted by molar-refractivity contribution is 5.40. The molecule has 0 spiro atoms. The molecular formula is C18H22FNO. The molecule has 0 aromatic heterocycles. The Morgan fingerprint density at radius 1 is 1.10 bits per heavy atom. The van der Waals surface area contributed by atoms with Crippen LogP contribution >= 0.6 is 0 Å². The van der Waals surface area contributed by atoms with Gasteiger partial charge >= 0.3 is 0 Å². The number of halogens is 1. The molecule has 2 aromatic rings. The van der Waals surface area contributed by atoms with Crippen LogP contribution in [0.4, 0.5) is 4.39 Å². The van der Waals surface area contributed by atoms with Crippen molar-refractivity contribution in [1.29, 1.82) is 0 Å². The summed E-state index contributed by atoms with van der Waals surface area (Å²) in [6.45, 7) is 8.02. The van der Waals surface area contributed by atoms with E-state index < -0.39 is 0 Å². The molecule has 3 heteroatoms. The Morgan fingerprint density at radius 2 is 1.86 bits per heavy atom. The van der Waals surface area contributed by atoms with Gasteiger partial charge in [0.25, 0.3) is 0 Å². The Kier molecular flexibility index (Phi) is 5.34. The topological polar surface area (TPSA) is 21.3 Å². The summed E-state index contributed by atoms with van der Waals surface area (Å²) < 4.78 is 19.4. The second kappa shape index (κ2) is 7.23. The average Bonchev–Trinajstić information content (AvgIpc) is 2.43. The van der Waals surface area contributed by atoms with E-state index in [0.717, 1.165) is 17.7 Å². The molecule has 21 heavy (non-hydrogen) atoms. The molecule has 2 nitrogen and oxygen atoms in total. The van der Waals surface area contributed by atoms with Gasteiger partial charge in [0.2, 0.25) is 0 Å². The van der Waals surface area contributed by atoms with Gasteiger partial charge in [0.05, 0.1) is 0 Å². The van der Waals surface area contributed by atoms with Crippen molar-refractivity contribution in [3.8, 4) is 11.5 Å². The lowest BCUT2D eigenvalue weighted by Gasteiger charge is -2.14. The molecule has 2 rings (SSSR count). The van der Waals surface area contributed by atoms with Gasteiger partial charge in [-0.25, -0.2) is 4.39 Å². The summed E-state index contributed by atoms with van der Waals surface area (Å²) in [7, 11) is 0. The maximum atomic E-state index is 13.7. The molecule has 0 saturated heterocycles. The summed E-state index contributed by atoms with van der Waals surface area (Å²) in [6, 6.07) is 12.4. The van der Waals surface area contributed by atoms with Gasteiger partial charge in [-0.05, 0) is 37.6 Å². The van der Waals surface area contributed by atoms with Crippen LogP contribution in [0.1, 0.15) is 25.0 Å². The summed E-state index contributed by atoms with van der Waals surface area (Å²) in [5.41, 5.74) is 2.20. The van der Waals surface area contributed by atoms with Crippen molar-refractivity contribution in [2.45, 2.75) is 27.3 Å². The van der Waals surface area contributed by atoms with Crippen molar-refractivity contribution in [1.82, 2.24) is 5.32 Å². The lowest BCUT2D eigenvalue weighted by Crippen LogP contribution is -2.19. The number of nitrogens with one attached hydrogen (secondary N) is 1. The highest BCUT2D eigenvalue weighted by Crippen LogP contribution is 2.28. The van der Waals surface area contributed by atoms with Crippen LogP contribution < -0.4 is 10.1 Å².